The molecule has 0 aromatic heterocycles. The second-order valence-corrected chi connectivity index (χ2v) is 7.46. The van der Waals surface area contributed by atoms with Gasteiger partial charge in [0.25, 0.3) is 0 Å². The number of anilines is 1. The summed E-state index contributed by atoms with van der Waals surface area (Å²) < 4.78 is 1.09. The Hall–Kier alpha value is -0.660. The van der Waals surface area contributed by atoms with Crippen LogP contribution in [0.3, 0.4) is 0 Å². The fourth-order valence-corrected chi connectivity index (χ4v) is 4.03. The molecular formula is C17H24IN3O. The Morgan fingerprint density at radius 3 is 2.73 bits per heavy atom. The zero-order valence-electron chi connectivity index (χ0n) is 12.9. The van der Waals surface area contributed by atoms with Crippen molar-refractivity contribution in [2.45, 2.75) is 31.7 Å². The minimum atomic E-state index is 0.109. The lowest BCUT2D eigenvalue weighted by atomic mass is 10.2. The maximum absolute atomic E-state index is 12.3. The molecule has 0 bridgehead atoms. The lowest BCUT2D eigenvalue weighted by molar-refractivity contribution is -0.117. The largest absolute Gasteiger partial charge is 0.324 e. The maximum atomic E-state index is 12.3. The molecule has 1 atom stereocenters. The SMILES string of the molecule is O=C(CN1CCCC1CN1CCCC1)Nc1ccccc1I. The molecular weight excluding hydrogens is 389 g/mol. The van der Waals surface area contributed by atoms with Crippen molar-refractivity contribution in [2.24, 2.45) is 0 Å². The van der Waals surface area contributed by atoms with Gasteiger partial charge in [-0.1, -0.05) is 12.1 Å². The number of hydrogen-bond acceptors (Lipinski definition) is 3. The monoisotopic (exact) mass is 413 g/mol. The van der Waals surface area contributed by atoms with Gasteiger partial charge in [0.05, 0.1) is 12.2 Å². The average molecular weight is 413 g/mol. The Bertz CT molecular complexity index is 516. The summed E-state index contributed by atoms with van der Waals surface area (Å²) >= 11 is 2.26. The van der Waals surface area contributed by atoms with Gasteiger partial charge < -0.3 is 10.2 Å². The van der Waals surface area contributed by atoms with Crippen molar-refractivity contribution in [3.63, 3.8) is 0 Å². The second-order valence-electron chi connectivity index (χ2n) is 6.30. The van der Waals surface area contributed by atoms with Crippen LogP contribution in [0.4, 0.5) is 5.69 Å². The maximum Gasteiger partial charge on any atom is 0.238 e. The summed E-state index contributed by atoms with van der Waals surface area (Å²) in [7, 11) is 0. The number of halogens is 1. The molecule has 0 spiro atoms. The van der Waals surface area contributed by atoms with E-state index in [1.165, 1.54) is 38.8 Å². The van der Waals surface area contributed by atoms with Crippen LogP contribution in [-0.2, 0) is 4.79 Å². The van der Waals surface area contributed by atoms with E-state index in [0.717, 1.165) is 22.3 Å². The van der Waals surface area contributed by atoms with Crippen LogP contribution in [0.2, 0.25) is 0 Å². The van der Waals surface area contributed by atoms with Crippen LogP contribution in [0, 0.1) is 3.57 Å². The fourth-order valence-electron chi connectivity index (χ4n) is 3.51. The van der Waals surface area contributed by atoms with Crippen molar-refractivity contribution in [3.05, 3.63) is 27.8 Å². The predicted molar refractivity (Wildman–Crippen MR) is 98.1 cm³/mol. The molecule has 22 heavy (non-hydrogen) atoms. The number of benzene rings is 1. The summed E-state index contributed by atoms with van der Waals surface area (Å²) in [6.45, 7) is 5.18. The van der Waals surface area contributed by atoms with Crippen LogP contribution < -0.4 is 5.32 Å². The van der Waals surface area contributed by atoms with Gasteiger partial charge in [-0.2, -0.15) is 0 Å². The van der Waals surface area contributed by atoms with Crippen molar-refractivity contribution >= 4 is 34.2 Å². The third-order valence-corrected chi connectivity index (χ3v) is 5.60. The molecule has 1 aromatic carbocycles. The second kappa shape index (κ2) is 7.75. The Labute approximate surface area is 146 Å². The summed E-state index contributed by atoms with van der Waals surface area (Å²) in [6.07, 6.45) is 5.11. The first-order valence-corrected chi connectivity index (χ1v) is 9.31. The van der Waals surface area contributed by atoms with E-state index in [-0.39, 0.29) is 5.91 Å². The van der Waals surface area contributed by atoms with E-state index in [9.17, 15) is 4.79 Å². The van der Waals surface area contributed by atoms with E-state index in [0.29, 0.717) is 12.6 Å². The van der Waals surface area contributed by atoms with Crippen molar-refractivity contribution in [1.82, 2.24) is 9.80 Å². The third kappa shape index (κ3) is 4.20. The van der Waals surface area contributed by atoms with Crippen LogP contribution >= 0.6 is 22.6 Å². The molecule has 0 aliphatic carbocycles. The van der Waals surface area contributed by atoms with Crippen LogP contribution in [0.1, 0.15) is 25.7 Å². The highest BCUT2D eigenvalue weighted by atomic mass is 127. The summed E-state index contributed by atoms with van der Waals surface area (Å²) in [4.78, 5) is 17.3. The fraction of sp³-hybridized carbons (Fsp3) is 0.588. The molecule has 2 heterocycles. The molecule has 5 heteroatoms. The highest BCUT2D eigenvalue weighted by Crippen LogP contribution is 2.21. The molecule has 2 saturated heterocycles. The lowest BCUT2D eigenvalue weighted by Gasteiger charge is -2.28. The van der Waals surface area contributed by atoms with Gasteiger partial charge in [0.2, 0.25) is 5.91 Å². The van der Waals surface area contributed by atoms with Gasteiger partial charge in [-0.05, 0) is 80.0 Å². The number of nitrogens with zero attached hydrogens (tertiary/aromatic N) is 2. The highest BCUT2D eigenvalue weighted by Gasteiger charge is 2.28. The van der Waals surface area contributed by atoms with Gasteiger partial charge in [0.1, 0.15) is 0 Å². The first-order chi connectivity index (χ1) is 10.7. The van der Waals surface area contributed by atoms with E-state index in [1.54, 1.807) is 0 Å². The molecule has 1 amide bonds. The van der Waals surface area contributed by atoms with E-state index in [2.05, 4.69) is 37.7 Å². The quantitative estimate of drug-likeness (QED) is 0.755. The van der Waals surface area contributed by atoms with Gasteiger partial charge in [-0.25, -0.2) is 0 Å². The molecule has 1 unspecified atom stereocenters. The van der Waals surface area contributed by atoms with Crippen LogP contribution in [-0.4, -0.2) is 54.5 Å². The summed E-state index contributed by atoms with van der Waals surface area (Å²) in [5.41, 5.74) is 0.920. The topological polar surface area (TPSA) is 35.6 Å². The van der Waals surface area contributed by atoms with Crippen molar-refractivity contribution in [3.8, 4) is 0 Å². The van der Waals surface area contributed by atoms with Gasteiger partial charge in [0, 0.05) is 16.2 Å². The molecule has 2 fully saturated rings. The van der Waals surface area contributed by atoms with Gasteiger partial charge in [-0.3, -0.25) is 9.69 Å². The Morgan fingerprint density at radius 1 is 1.18 bits per heavy atom. The highest BCUT2D eigenvalue weighted by molar-refractivity contribution is 14.1. The van der Waals surface area contributed by atoms with Gasteiger partial charge in [0.15, 0.2) is 0 Å². The Morgan fingerprint density at radius 2 is 1.95 bits per heavy atom. The number of hydrogen-bond donors (Lipinski definition) is 1. The molecule has 2 aliphatic rings. The van der Waals surface area contributed by atoms with E-state index < -0.39 is 0 Å². The number of carbonyl (C=O) groups is 1. The lowest BCUT2D eigenvalue weighted by Crippen LogP contribution is -2.42. The van der Waals surface area contributed by atoms with Crippen molar-refractivity contribution in [1.29, 1.82) is 0 Å². The van der Waals surface area contributed by atoms with Crippen LogP contribution in [0.15, 0.2) is 24.3 Å². The molecule has 4 nitrogen and oxygen atoms in total. The van der Waals surface area contributed by atoms with Crippen molar-refractivity contribution < 1.29 is 4.79 Å². The number of amides is 1. The van der Waals surface area contributed by atoms with Gasteiger partial charge in [-0.15, -0.1) is 0 Å². The molecule has 120 valence electrons. The van der Waals surface area contributed by atoms with E-state index in [4.69, 9.17) is 0 Å². The zero-order valence-corrected chi connectivity index (χ0v) is 15.1. The number of carbonyl (C=O) groups excluding carboxylic acids is 1. The van der Waals surface area contributed by atoms with E-state index >= 15 is 0 Å². The average Bonchev–Trinajstić information content (AvgIpc) is 3.15. The third-order valence-electron chi connectivity index (χ3n) is 4.66. The summed E-state index contributed by atoms with van der Waals surface area (Å²) in [5.74, 6) is 0.109. The Balaban J connectivity index is 1.52. The standard InChI is InChI=1S/C17H24IN3O/c18-15-7-1-2-8-16(15)19-17(22)13-21-11-5-6-14(21)12-20-9-3-4-10-20/h1-2,7-8,14H,3-6,9-13H2,(H,19,22). The molecule has 2 aliphatic heterocycles. The predicted octanol–water partition coefficient (Wildman–Crippen LogP) is 2.79. The first kappa shape index (κ1) is 16.2. The Kier molecular flexibility index (Phi) is 5.71. The number of likely N-dealkylation sites (tertiary alicyclic amines) is 2. The smallest absolute Gasteiger partial charge is 0.238 e. The molecule has 1 aromatic rings. The molecule has 0 saturated carbocycles. The first-order valence-electron chi connectivity index (χ1n) is 8.23. The zero-order chi connectivity index (χ0) is 15.4. The van der Waals surface area contributed by atoms with Crippen molar-refractivity contribution in [2.75, 3.05) is 38.0 Å². The van der Waals surface area contributed by atoms with Crippen LogP contribution in [0.5, 0.6) is 0 Å². The minimum Gasteiger partial charge on any atom is -0.324 e. The number of para-hydroxylation sites is 1. The minimum absolute atomic E-state index is 0.109. The summed E-state index contributed by atoms with van der Waals surface area (Å²) in [5, 5.41) is 3.05. The summed E-state index contributed by atoms with van der Waals surface area (Å²) in [6, 6.07) is 8.49. The number of rotatable bonds is 5. The van der Waals surface area contributed by atoms with Crippen LogP contribution in [0.25, 0.3) is 0 Å². The molecule has 1 N–H and O–H groups in total. The van der Waals surface area contributed by atoms with E-state index in [1.807, 2.05) is 24.3 Å². The molecule has 0 radical (unpaired) electrons. The normalized spacial score (nSPS) is 23.0. The number of nitrogens with one attached hydrogen (secondary N) is 1. The van der Waals surface area contributed by atoms with Gasteiger partial charge >= 0.3 is 0 Å². The molecule has 3 rings (SSSR count).